The zero-order valence-corrected chi connectivity index (χ0v) is 11.8. The Bertz CT molecular complexity index is 590. The maximum absolute atomic E-state index is 11.7. The van der Waals surface area contributed by atoms with Crippen LogP contribution >= 0.6 is 22.6 Å². The lowest BCUT2D eigenvalue weighted by Gasteiger charge is -1.99. The Kier molecular flexibility index (Phi) is 4.14. The van der Waals surface area contributed by atoms with Crippen molar-refractivity contribution in [2.45, 2.75) is 6.92 Å². The van der Waals surface area contributed by atoms with Crippen LogP contribution in [-0.2, 0) is 0 Å². The second-order valence-corrected chi connectivity index (χ2v) is 4.90. The third-order valence-electron chi connectivity index (χ3n) is 2.21. The van der Waals surface area contributed by atoms with Crippen molar-refractivity contribution < 1.29 is 9.21 Å². The van der Waals surface area contributed by atoms with Gasteiger partial charge in [0, 0.05) is 9.13 Å². The first-order valence-electron chi connectivity index (χ1n) is 5.30. The highest BCUT2D eigenvalue weighted by atomic mass is 127. The van der Waals surface area contributed by atoms with Crippen molar-refractivity contribution in [3.05, 3.63) is 57.1 Å². The van der Waals surface area contributed by atoms with E-state index >= 15 is 0 Å². The smallest absolute Gasteiger partial charge is 0.271 e. The third kappa shape index (κ3) is 3.43. The van der Waals surface area contributed by atoms with Gasteiger partial charge < -0.3 is 4.42 Å². The van der Waals surface area contributed by atoms with E-state index in [0.29, 0.717) is 11.3 Å². The van der Waals surface area contributed by atoms with Crippen molar-refractivity contribution in [1.29, 1.82) is 0 Å². The Morgan fingerprint density at radius 3 is 2.89 bits per heavy atom. The van der Waals surface area contributed by atoms with Gasteiger partial charge in [0.2, 0.25) is 0 Å². The molecule has 92 valence electrons. The molecule has 0 saturated heterocycles. The van der Waals surface area contributed by atoms with Crippen LogP contribution < -0.4 is 5.43 Å². The number of rotatable bonds is 3. The van der Waals surface area contributed by atoms with Gasteiger partial charge in [0.25, 0.3) is 5.91 Å². The normalized spacial score (nSPS) is 10.8. The highest BCUT2D eigenvalue weighted by Crippen LogP contribution is 2.07. The van der Waals surface area contributed by atoms with Crippen molar-refractivity contribution in [3.8, 4) is 0 Å². The number of benzene rings is 1. The Labute approximate surface area is 118 Å². The molecule has 0 aliphatic rings. The summed E-state index contributed by atoms with van der Waals surface area (Å²) in [5.41, 5.74) is 3.03. The minimum absolute atomic E-state index is 0.243. The fraction of sp³-hybridized carbons (Fsp3) is 0.0769. The summed E-state index contributed by atoms with van der Waals surface area (Å²) in [6, 6.07) is 10.9. The predicted octanol–water partition coefficient (Wildman–Crippen LogP) is 2.96. The number of nitrogens with zero attached hydrogens (tertiary/aromatic N) is 1. The molecule has 1 N–H and O–H groups in total. The summed E-state index contributed by atoms with van der Waals surface area (Å²) in [6.45, 7) is 1.85. The molecule has 0 bridgehead atoms. The second kappa shape index (κ2) is 5.81. The number of hydrogen-bond acceptors (Lipinski definition) is 3. The van der Waals surface area contributed by atoms with Crippen molar-refractivity contribution >= 4 is 34.7 Å². The summed E-state index contributed by atoms with van der Waals surface area (Å²) in [6.07, 6.45) is 1.47. The Morgan fingerprint density at radius 1 is 1.39 bits per heavy atom. The molecule has 1 aromatic carbocycles. The molecule has 1 heterocycles. The molecule has 0 saturated carbocycles. The minimum atomic E-state index is -0.243. The Morgan fingerprint density at radius 2 is 2.22 bits per heavy atom. The van der Waals surface area contributed by atoms with E-state index in [2.05, 4.69) is 33.1 Å². The van der Waals surface area contributed by atoms with Gasteiger partial charge in [0.1, 0.15) is 11.5 Å². The second-order valence-electron chi connectivity index (χ2n) is 3.66. The van der Waals surface area contributed by atoms with Crippen LogP contribution in [-0.4, -0.2) is 12.1 Å². The van der Waals surface area contributed by atoms with E-state index in [1.54, 1.807) is 18.2 Å². The highest BCUT2D eigenvalue weighted by Gasteiger charge is 2.03. The first-order valence-corrected chi connectivity index (χ1v) is 6.38. The van der Waals surface area contributed by atoms with Gasteiger partial charge in [0.05, 0.1) is 6.21 Å². The molecule has 0 aliphatic carbocycles. The highest BCUT2D eigenvalue weighted by molar-refractivity contribution is 14.1. The van der Waals surface area contributed by atoms with E-state index in [0.717, 1.165) is 9.33 Å². The van der Waals surface area contributed by atoms with E-state index in [1.165, 1.54) is 6.21 Å². The lowest BCUT2D eigenvalue weighted by molar-refractivity contribution is 0.0955. The van der Waals surface area contributed by atoms with Crippen LogP contribution in [0.1, 0.15) is 21.9 Å². The molecule has 0 aliphatic heterocycles. The lowest BCUT2D eigenvalue weighted by atomic mass is 10.2. The third-order valence-corrected chi connectivity index (χ3v) is 2.88. The molecule has 0 spiro atoms. The lowest BCUT2D eigenvalue weighted by Crippen LogP contribution is -2.17. The monoisotopic (exact) mass is 354 g/mol. The average Bonchev–Trinajstić information content (AvgIpc) is 2.75. The van der Waals surface area contributed by atoms with Gasteiger partial charge in [-0.3, -0.25) is 4.79 Å². The van der Waals surface area contributed by atoms with Gasteiger partial charge in [0.15, 0.2) is 0 Å². The Hall–Kier alpha value is -1.63. The zero-order valence-electron chi connectivity index (χ0n) is 9.68. The molecular formula is C13H11IN2O2. The van der Waals surface area contributed by atoms with Gasteiger partial charge in [-0.15, -0.1) is 0 Å². The Balaban J connectivity index is 1.98. The maximum Gasteiger partial charge on any atom is 0.271 e. The number of furan rings is 1. The zero-order chi connectivity index (χ0) is 13.0. The largest absolute Gasteiger partial charge is 0.460 e. The number of nitrogens with one attached hydrogen (secondary N) is 1. The number of hydrazone groups is 1. The van der Waals surface area contributed by atoms with Crippen molar-refractivity contribution in [2.75, 3.05) is 0 Å². The number of amides is 1. The molecule has 18 heavy (non-hydrogen) atoms. The van der Waals surface area contributed by atoms with Crippen LogP contribution in [0, 0.1) is 10.5 Å². The first kappa shape index (κ1) is 12.8. The van der Waals surface area contributed by atoms with Gasteiger partial charge in [-0.25, -0.2) is 5.43 Å². The maximum atomic E-state index is 11.7. The van der Waals surface area contributed by atoms with Crippen LogP contribution in [0.4, 0.5) is 0 Å². The summed E-state index contributed by atoms with van der Waals surface area (Å²) < 4.78 is 6.29. The van der Waals surface area contributed by atoms with Gasteiger partial charge >= 0.3 is 0 Å². The van der Waals surface area contributed by atoms with Crippen molar-refractivity contribution in [1.82, 2.24) is 5.43 Å². The summed E-state index contributed by atoms with van der Waals surface area (Å²) in [5, 5.41) is 3.84. The number of aryl methyl sites for hydroxylation is 1. The summed E-state index contributed by atoms with van der Waals surface area (Å²) in [5.74, 6) is 1.17. The molecule has 2 aromatic rings. The van der Waals surface area contributed by atoms with Crippen LogP contribution in [0.5, 0.6) is 0 Å². The fourth-order valence-corrected chi connectivity index (χ4v) is 1.91. The van der Waals surface area contributed by atoms with Crippen LogP contribution in [0.25, 0.3) is 0 Å². The molecule has 0 atom stereocenters. The average molecular weight is 354 g/mol. The van der Waals surface area contributed by atoms with Crippen LogP contribution in [0.3, 0.4) is 0 Å². The van der Waals surface area contributed by atoms with E-state index < -0.39 is 0 Å². The first-order chi connectivity index (χ1) is 8.65. The molecule has 2 rings (SSSR count). The molecular weight excluding hydrogens is 343 g/mol. The number of halogens is 1. The number of carbonyl (C=O) groups excluding carboxylic acids is 1. The van der Waals surface area contributed by atoms with Crippen LogP contribution in [0.15, 0.2) is 45.9 Å². The minimum Gasteiger partial charge on any atom is -0.460 e. The topological polar surface area (TPSA) is 54.6 Å². The molecule has 0 radical (unpaired) electrons. The SMILES string of the molecule is Cc1ccc(/C=N\NC(=O)c2cccc(I)c2)o1. The fourth-order valence-electron chi connectivity index (χ4n) is 1.37. The van der Waals surface area contributed by atoms with E-state index in [9.17, 15) is 4.79 Å². The predicted molar refractivity (Wildman–Crippen MR) is 77.7 cm³/mol. The molecule has 0 fully saturated rings. The van der Waals surface area contributed by atoms with Crippen LogP contribution in [0.2, 0.25) is 0 Å². The van der Waals surface area contributed by atoms with E-state index in [4.69, 9.17) is 4.42 Å². The summed E-state index contributed by atoms with van der Waals surface area (Å²) >= 11 is 2.16. The number of hydrogen-bond donors (Lipinski definition) is 1. The van der Waals surface area contributed by atoms with Gasteiger partial charge in [-0.1, -0.05) is 6.07 Å². The van der Waals surface area contributed by atoms with Gasteiger partial charge in [-0.2, -0.15) is 5.10 Å². The quantitative estimate of drug-likeness (QED) is 0.524. The summed E-state index contributed by atoms with van der Waals surface area (Å²) in [7, 11) is 0. The van der Waals surface area contributed by atoms with Crippen molar-refractivity contribution in [3.63, 3.8) is 0 Å². The standard InChI is InChI=1S/C13H11IN2O2/c1-9-5-6-12(18-9)8-15-16-13(17)10-3-2-4-11(14)7-10/h2-8H,1H3,(H,16,17)/b15-8-. The number of carbonyl (C=O) groups is 1. The van der Waals surface area contributed by atoms with Crippen molar-refractivity contribution in [2.24, 2.45) is 5.10 Å². The van der Waals surface area contributed by atoms with E-state index in [1.807, 2.05) is 25.1 Å². The molecule has 1 amide bonds. The van der Waals surface area contributed by atoms with E-state index in [-0.39, 0.29) is 5.91 Å². The molecule has 4 nitrogen and oxygen atoms in total. The summed E-state index contributed by atoms with van der Waals surface area (Å²) in [4.78, 5) is 11.7. The molecule has 0 unspecified atom stereocenters. The van der Waals surface area contributed by atoms with Gasteiger partial charge in [-0.05, 0) is 59.8 Å². The molecule has 1 aromatic heterocycles. The molecule has 5 heteroatoms.